The zero-order valence-electron chi connectivity index (χ0n) is 18.6. The van der Waals surface area contributed by atoms with Crippen LogP contribution < -0.4 is 19.5 Å². The molecule has 0 saturated carbocycles. The first-order valence-electron chi connectivity index (χ1n) is 10.5. The Kier molecular flexibility index (Phi) is 7.18. The third-order valence-corrected chi connectivity index (χ3v) is 6.64. The molecular weight excluding hydrogens is 476 g/mol. The van der Waals surface area contributed by atoms with Gasteiger partial charge in [0, 0.05) is 24.2 Å². The van der Waals surface area contributed by atoms with Gasteiger partial charge in [-0.1, -0.05) is 30.0 Å². The van der Waals surface area contributed by atoms with Gasteiger partial charge in [-0.05, 0) is 48.9 Å². The lowest BCUT2D eigenvalue weighted by Gasteiger charge is -2.15. The number of nitrogens with zero attached hydrogens (tertiary/aromatic N) is 1. The molecule has 1 N–H and O–H groups in total. The smallest absolute Gasteiger partial charge is 0.266 e. The van der Waals surface area contributed by atoms with Crippen molar-refractivity contribution < 1.29 is 28.6 Å². The number of thiocarbonyl (C=S) groups is 1. The highest BCUT2D eigenvalue weighted by molar-refractivity contribution is 8.26. The average molecular weight is 499 g/mol. The van der Waals surface area contributed by atoms with Crippen molar-refractivity contribution in [2.24, 2.45) is 0 Å². The van der Waals surface area contributed by atoms with Crippen LogP contribution in [-0.4, -0.2) is 53.8 Å². The summed E-state index contributed by atoms with van der Waals surface area (Å²) in [4.78, 5) is 38.9. The summed E-state index contributed by atoms with van der Waals surface area (Å²) in [5, 5.41) is 2.80. The van der Waals surface area contributed by atoms with Gasteiger partial charge in [0.05, 0.1) is 18.4 Å². The summed E-state index contributed by atoms with van der Waals surface area (Å²) in [6, 6.07) is 10.4. The minimum atomic E-state index is -0.250. The van der Waals surface area contributed by atoms with E-state index >= 15 is 0 Å². The molecule has 2 aliphatic rings. The van der Waals surface area contributed by atoms with Crippen LogP contribution >= 0.6 is 24.0 Å². The third kappa shape index (κ3) is 5.23. The lowest BCUT2D eigenvalue weighted by Crippen LogP contribution is -2.37. The second-order valence-electron chi connectivity index (χ2n) is 7.56. The molecule has 176 valence electrons. The Bertz CT molecular complexity index is 1210. The number of ketones is 1. The Morgan fingerprint density at radius 1 is 1.21 bits per heavy atom. The van der Waals surface area contributed by atoms with Gasteiger partial charge in [0.15, 0.2) is 17.3 Å². The molecule has 2 amide bonds. The van der Waals surface area contributed by atoms with Crippen LogP contribution in [0.4, 0.5) is 0 Å². The summed E-state index contributed by atoms with van der Waals surface area (Å²) < 4.78 is 16.4. The van der Waals surface area contributed by atoms with Gasteiger partial charge in [0.2, 0.25) is 12.7 Å². The van der Waals surface area contributed by atoms with E-state index in [0.717, 1.165) is 5.56 Å². The number of amides is 2. The summed E-state index contributed by atoms with van der Waals surface area (Å²) in [6.07, 6.45) is 1.81. The van der Waals surface area contributed by atoms with Crippen molar-refractivity contribution >= 4 is 52.0 Å². The number of carbonyl (C=O) groups excluding carboxylic acids is 3. The number of thioether (sulfide) groups is 1. The fourth-order valence-electron chi connectivity index (χ4n) is 3.53. The lowest BCUT2D eigenvalue weighted by molar-refractivity contribution is -0.123. The summed E-state index contributed by atoms with van der Waals surface area (Å²) >= 11 is 6.58. The van der Waals surface area contributed by atoms with Gasteiger partial charge in [-0.15, -0.1) is 0 Å². The molecular formula is C24H22N2O6S2. The summed E-state index contributed by atoms with van der Waals surface area (Å²) in [5.41, 5.74) is 1.93. The number of methoxy groups -OCH3 is 1. The van der Waals surface area contributed by atoms with Gasteiger partial charge < -0.3 is 19.5 Å². The molecule has 0 aromatic heterocycles. The van der Waals surface area contributed by atoms with Gasteiger partial charge in [-0.3, -0.25) is 19.3 Å². The van der Waals surface area contributed by atoms with E-state index in [2.05, 4.69) is 5.32 Å². The number of ether oxygens (including phenoxy) is 3. The van der Waals surface area contributed by atoms with E-state index in [9.17, 15) is 14.4 Å². The van der Waals surface area contributed by atoms with Crippen LogP contribution in [0.15, 0.2) is 41.3 Å². The highest BCUT2D eigenvalue weighted by Crippen LogP contribution is 2.36. The first-order valence-corrected chi connectivity index (χ1v) is 11.7. The Hall–Kier alpha value is -3.37. The maximum atomic E-state index is 12.8. The highest BCUT2D eigenvalue weighted by Gasteiger charge is 2.31. The fourth-order valence-corrected chi connectivity index (χ4v) is 4.83. The molecule has 4 rings (SSSR count). The zero-order valence-corrected chi connectivity index (χ0v) is 20.2. The van der Waals surface area contributed by atoms with Crippen molar-refractivity contribution in [3.05, 3.63) is 58.0 Å². The molecule has 10 heteroatoms. The molecule has 2 aromatic carbocycles. The number of benzene rings is 2. The highest BCUT2D eigenvalue weighted by atomic mass is 32.2. The Morgan fingerprint density at radius 2 is 2.00 bits per heavy atom. The van der Waals surface area contributed by atoms with E-state index in [-0.39, 0.29) is 43.9 Å². The van der Waals surface area contributed by atoms with Crippen molar-refractivity contribution in [3.8, 4) is 17.2 Å². The number of carbonyl (C=O) groups is 3. The van der Waals surface area contributed by atoms with Gasteiger partial charge in [-0.2, -0.15) is 0 Å². The monoisotopic (exact) mass is 498 g/mol. The maximum Gasteiger partial charge on any atom is 0.266 e. The Morgan fingerprint density at radius 3 is 2.76 bits per heavy atom. The van der Waals surface area contributed by atoms with E-state index in [0.29, 0.717) is 37.6 Å². The molecule has 34 heavy (non-hydrogen) atoms. The number of rotatable bonds is 8. The van der Waals surface area contributed by atoms with E-state index in [1.807, 2.05) is 12.1 Å². The third-order valence-electron chi connectivity index (χ3n) is 5.26. The zero-order chi connectivity index (χ0) is 24.2. The predicted molar refractivity (Wildman–Crippen MR) is 132 cm³/mol. The van der Waals surface area contributed by atoms with E-state index in [1.54, 1.807) is 30.3 Å². The van der Waals surface area contributed by atoms with Crippen LogP contribution in [0.5, 0.6) is 17.2 Å². The van der Waals surface area contributed by atoms with E-state index in [1.165, 1.54) is 30.7 Å². The van der Waals surface area contributed by atoms with Crippen LogP contribution in [0.25, 0.3) is 6.08 Å². The number of fused-ring (bicyclic) bond motifs is 1. The largest absolute Gasteiger partial charge is 0.496 e. The molecule has 0 aliphatic carbocycles. The van der Waals surface area contributed by atoms with Crippen molar-refractivity contribution in [2.75, 3.05) is 27.0 Å². The second kappa shape index (κ2) is 10.3. The maximum absolute atomic E-state index is 12.8. The molecule has 1 fully saturated rings. The van der Waals surface area contributed by atoms with Gasteiger partial charge >= 0.3 is 0 Å². The van der Waals surface area contributed by atoms with Crippen molar-refractivity contribution in [1.82, 2.24) is 10.2 Å². The molecule has 0 atom stereocenters. The Balaban J connectivity index is 1.34. The SMILES string of the molecule is COc1ccc(C(C)=O)cc1CC(=O)NCCN1C(=O)/C(=C\c2ccc3c(c2)OCO3)SC1=S. The molecule has 2 aromatic rings. The van der Waals surface area contributed by atoms with Crippen molar-refractivity contribution in [2.45, 2.75) is 13.3 Å². The first-order chi connectivity index (χ1) is 16.4. The van der Waals surface area contributed by atoms with E-state index in [4.69, 9.17) is 26.4 Å². The van der Waals surface area contributed by atoms with E-state index < -0.39 is 0 Å². The second-order valence-corrected chi connectivity index (χ2v) is 9.23. The van der Waals surface area contributed by atoms with Crippen LogP contribution in [0, 0.1) is 0 Å². The number of nitrogens with one attached hydrogen (secondary N) is 1. The first kappa shape index (κ1) is 23.8. The summed E-state index contributed by atoms with van der Waals surface area (Å²) in [7, 11) is 1.51. The van der Waals surface area contributed by atoms with Gasteiger partial charge in [0.25, 0.3) is 5.91 Å². The molecule has 1 saturated heterocycles. The molecule has 0 radical (unpaired) electrons. The molecule has 8 nitrogen and oxygen atoms in total. The van der Waals surface area contributed by atoms with Crippen molar-refractivity contribution in [1.29, 1.82) is 0 Å². The molecule has 0 spiro atoms. The van der Waals surface area contributed by atoms with Crippen LogP contribution in [0.3, 0.4) is 0 Å². The number of Topliss-reactive ketones (excluding diaryl/α,β-unsaturated/α-hetero) is 1. The Labute approximate surface area is 206 Å². The molecule has 2 heterocycles. The standard InChI is InChI=1S/C24H22N2O6S2/c1-14(27)16-4-6-18(30-2)17(11-16)12-22(28)25-7-8-26-23(29)21(34-24(26)33)10-15-3-5-19-20(9-15)32-13-31-19/h3-6,9-11H,7-8,12-13H2,1-2H3,(H,25,28)/b21-10+. The summed E-state index contributed by atoms with van der Waals surface area (Å²) in [5.74, 6) is 1.29. The minimum absolute atomic E-state index is 0.0483. The van der Waals surface area contributed by atoms with Crippen LogP contribution in [0.2, 0.25) is 0 Å². The number of hydrogen-bond donors (Lipinski definition) is 1. The van der Waals surface area contributed by atoms with Crippen LogP contribution in [-0.2, 0) is 16.0 Å². The quantitative estimate of drug-likeness (QED) is 0.337. The van der Waals surface area contributed by atoms with Gasteiger partial charge in [-0.25, -0.2) is 0 Å². The van der Waals surface area contributed by atoms with Crippen molar-refractivity contribution in [3.63, 3.8) is 0 Å². The average Bonchev–Trinajstić information content (AvgIpc) is 3.38. The fraction of sp³-hybridized carbons (Fsp3) is 0.250. The normalized spacial score (nSPS) is 15.7. The topological polar surface area (TPSA) is 94.2 Å². The van der Waals surface area contributed by atoms with Crippen LogP contribution in [0.1, 0.15) is 28.4 Å². The van der Waals surface area contributed by atoms with Gasteiger partial charge in [0.1, 0.15) is 10.1 Å². The minimum Gasteiger partial charge on any atom is -0.496 e. The summed E-state index contributed by atoms with van der Waals surface area (Å²) in [6.45, 7) is 2.13. The number of hydrogen-bond acceptors (Lipinski definition) is 8. The predicted octanol–water partition coefficient (Wildman–Crippen LogP) is 3.19. The molecule has 0 bridgehead atoms. The lowest BCUT2D eigenvalue weighted by atomic mass is 10.0. The molecule has 0 unspecified atom stereocenters. The molecule has 2 aliphatic heterocycles.